The van der Waals surface area contributed by atoms with Gasteiger partial charge in [-0.1, -0.05) is 0 Å². The zero-order valence-corrected chi connectivity index (χ0v) is 7.76. The van der Waals surface area contributed by atoms with Gasteiger partial charge >= 0.3 is 0 Å². The zero-order valence-electron chi connectivity index (χ0n) is 6.87. The smallest absolute Gasteiger partial charge is 0.164 e. The van der Waals surface area contributed by atoms with Crippen LogP contribution < -0.4 is 9.47 Å². The van der Waals surface area contributed by atoms with Crippen LogP contribution in [0, 0.1) is 0 Å². The summed E-state index contributed by atoms with van der Waals surface area (Å²) in [5.41, 5.74) is 0. The lowest BCUT2D eigenvalue weighted by molar-refractivity contribution is 0.360. The van der Waals surface area contributed by atoms with Crippen molar-refractivity contribution in [2.24, 2.45) is 0 Å². The van der Waals surface area contributed by atoms with Crippen molar-refractivity contribution in [2.75, 3.05) is 14.2 Å². The molecule has 0 aliphatic carbocycles. The minimum atomic E-state index is 0.0586. The fourth-order valence-electron chi connectivity index (χ4n) is 0.866. The van der Waals surface area contributed by atoms with E-state index in [0.29, 0.717) is 16.4 Å². The fraction of sp³-hybridized carbons (Fsp3) is 0.250. The van der Waals surface area contributed by atoms with E-state index in [1.54, 1.807) is 6.07 Å². The molecular formula is C8H10O3S. The molecular weight excluding hydrogens is 176 g/mol. The van der Waals surface area contributed by atoms with Crippen LogP contribution in [-0.4, -0.2) is 19.3 Å². The van der Waals surface area contributed by atoms with Crippen LogP contribution in [0.15, 0.2) is 17.0 Å². The predicted molar refractivity (Wildman–Crippen MR) is 48.5 cm³/mol. The van der Waals surface area contributed by atoms with E-state index in [1.165, 1.54) is 20.3 Å². The van der Waals surface area contributed by atoms with Crippen molar-refractivity contribution in [3.05, 3.63) is 12.1 Å². The quantitative estimate of drug-likeness (QED) is 0.690. The highest BCUT2D eigenvalue weighted by Gasteiger charge is 2.06. The Hall–Kier alpha value is -1.03. The van der Waals surface area contributed by atoms with Gasteiger partial charge in [-0.05, 0) is 0 Å². The maximum atomic E-state index is 9.28. The molecule has 0 bridgehead atoms. The number of methoxy groups -OCH3 is 2. The number of phenolic OH excluding ortho intramolecular Hbond substituents is 1. The second-order valence-electron chi connectivity index (χ2n) is 2.20. The van der Waals surface area contributed by atoms with E-state index in [2.05, 4.69) is 12.6 Å². The van der Waals surface area contributed by atoms with Crippen LogP contribution in [0.25, 0.3) is 0 Å². The van der Waals surface area contributed by atoms with Gasteiger partial charge in [0.15, 0.2) is 11.5 Å². The Morgan fingerprint density at radius 3 is 2.25 bits per heavy atom. The van der Waals surface area contributed by atoms with Crippen molar-refractivity contribution in [3.8, 4) is 17.2 Å². The van der Waals surface area contributed by atoms with Crippen molar-refractivity contribution in [2.45, 2.75) is 4.90 Å². The molecule has 0 amide bonds. The highest BCUT2D eigenvalue weighted by atomic mass is 32.1. The van der Waals surface area contributed by atoms with Crippen LogP contribution in [0.2, 0.25) is 0 Å². The summed E-state index contributed by atoms with van der Waals surface area (Å²) in [4.78, 5) is 0.579. The number of aromatic hydroxyl groups is 1. The fourth-order valence-corrected chi connectivity index (χ4v) is 1.14. The molecule has 4 heteroatoms. The van der Waals surface area contributed by atoms with Gasteiger partial charge in [0.25, 0.3) is 0 Å². The minimum Gasteiger partial charge on any atom is -0.504 e. The summed E-state index contributed by atoms with van der Waals surface area (Å²) in [6, 6.07) is 3.05. The van der Waals surface area contributed by atoms with Crippen molar-refractivity contribution >= 4 is 12.6 Å². The second-order valence-corrected chi connectivity index (χ2v) is 2.68. The highest BCUT2D eigenvalue weighted by molar-refractivity contribution is 7.80. The molecule has 0 heterocycles. The number of ether oxygens (including phenoxy) is 2. The van der Waals surface area contributed by atoms with E-state index in [1.807, 2.05) is 0 Å². The number of hydrogen-bond donors (Lipinski definition) is 2. The molecule has 0 saturated carbocycles. The van der Waals surface area contributed by atoms with Gasteiger partial charge in [-0.2, -0.15) is 0 Å². The van der Waals surface area contributed by atoms with Crippen LogP contribution in [0.1, 0.15) is 0 Å². The van der Waals surface area contributed by atoms with E-state index in [4.69, 9.17) is 9.47 Å². The third-order valence-corrected chi connectivity index (χ3v) is 1.83. The first kappa shape index (κ1) is 9.06. The molecule has 0 unspecified atom stereocenters. The molecule has 1 rings (SSSR count). The third-order valence-electron chi connectivity index (χ3n) is 1.48. The van der Waals surface area contributed by atoms with Crippen LogP contribution in [-0.2, 0) is 0 Å². The number of rotatable bonds is 2. The van der Waals surface area contributed by atoms with Gasteiger partial charge in [-0.15, -0.1) is 12.6 Å². The van der Waals surface area contributed by atoms with E-state index >= 15 is 0 Å². The Labute approximate surface area is 76.3 Å². The molecule has 0 atom stereocenters. The highest BCUT2D eigenvalue weighted by Crippen LogP contribution is 2.35. The van der Waals surface area contributed by atoms with Gasteiger partial charge < -0.3 is 14.6 Å². The van der Waals surface area contributed by atoms with Crippen LogP contribution in [0.5, 0.6) is 17.2 Å². The minimum absolute atomic E-state index is 0.0586. The number of phenols is 1. The van der Waals surface area contributed by atoms with Crippen LogP contribution in [0.4, 0.5) is 0 Å². The van der Waals surface area contributed by atoms with Crippen molar-refractivity contribution in [3.63, 3.8) is 0 Å². The summed E-state index contributed by atoms with van der Waals surface area (Å²) < 4.78 is 9.85. The first-order valence-electron chi connectivity index (χ1n) is 3.33. The average molecular weight is 186 g/mol. The molecule has 0 aliphatic rings. The average Bonchev–Trinajstić information content (AvgIpc) is 2.05. The van der Waals surface area contributed by atoms with Crippen molar-refractivity contribution in [1.29, 1.82) is 0 Å². The Kier molecular flexibility index (Phi) is 2.70. The molecule has 12 heavy (non-hydrogen) atoms. The van der Waals surface area contributed by atoms with Crippen molar-refractivity contribution in [1.82, 2.24) is 0 Å². The maximum Gasteiger partial charge on any atom is 0.164 e. The Morgan fingerprint density at radius 2 is 1.75 bits per heavy atom. The van der Waals surface area contributed by atoms with E-state index in [9.17, 15) is 5.11 Å². The lowest BCUT2D eigenvalue weighted by Crippen LogP contribution is -1.88. The monoisotopic (exact) mass is 186 g/mol. The molecule has 0 aromatic heterocycles. The summed E-state index contributed by atoms with van der Waals surface area (Å²) in [6.45, 7) is 0. The molecule has 1 aromatic rings. The topological polar surface area (TPSA) is 38.7 Å². The normalized spacial score (nSPS) is 9.58. The summed E-state index contributed by atoms with van der Waals surface area (Å²) in [7, 11) is 3.01. The molecule has 0 saturated heterocycles. The van der Waals surface area contributed by atoms with E-state index in [0.717, 1.165) is 0 Å². The number of hydrogen-bond acceptors (Lipinski definition) is 4. The largest absolute Gasteiger partial charge is 0.504 e. The predicted octanol–water partition coefficient (Wildman–Crippen LogP) is 1.70. The third kappa shape index (κ3) is 1.58. The molecule has 66 valence electrons. The first-order valence-corrected chi connectivity index (χ1v) is 3.77. The summed E-state index contributed by atoms with van der Waals surface area (Å²) >= 11 is 4.09. The maximum absolute atomic E-state index is 9.28. The molecule has 0 spiro atoms. The van der Waals surface area contributed by atoms with Gasteiger partial charge in [0.2, 0.25) is 0 Å². The molecule has 0 fully saturated rings. The first-order chi connectivity index (χ1) is 5.69. The Morgan fingerprint density at radius 1 is 1.17 bits per heavy atom. The van der Waals surface area contributed by atoms with Gasteiger partial charge in [-0.25, -0.2) is 0 Å². The zero-order chi connectivity index (χ0) is 9.14. The molecule has 0 aliphatic heterocycles. The summed E-state index contributed by atoms with van der Waals surface area (Å²) in [5.74, 6) is 1.01. The molecule has 0 radical (unpaired) electrons. The Balaban J connectivity index is 3.18. The second kappa shape index (κ2) is 3.58. The lowest BCUT2D eigenvalue weighted by Gasteiger charge is -2.07. The van der Waals surface area contributed by atoms with Gasteiger partial charge in [0, 0.05) is 12.1 Å². The van der Waals surface area contributed by atoms with Crippen molar-refractivity contribution < 1.29 is 14.6 Å². The number of thiol groups is 1. The Bertz CT molecular complexity index is 261. The van der Waals surface area contributed by atoms with Gasteiger partial charge in [-0.3, -0.25) is 0 Å². The molecule has 1 N–H and O–H groups in total. The van der Waals surface area contributed by atoms with E-state index in [-0.39, 0.29) is 5.75 Å². The summed E-state index contributed by atoms with van der Waals surface area (Å²) in [6.07, 6.45) is 0. The molecule has 1 aromatic carbocycles. The SMILES string of the molecule is COc1cc(OC)c(S)cc1O. The summed E-state index contributed by atoms with van der Waals surface area (Å²) in [5, 5.41) is 9.28. The van der Waals surface area contributed by atoms with E-state index < -0.39 is 0 Å². The standard InChI is InChI=1S/C8H10O3S/c1-10-6-4-7(11-2)8(12)3-5(6)9/h3-4,9,12H,1-2H3. The van der Waals surface area contributed by atoms with Crippen LogP contribution in [0.3, 0.4) is 0 Å². The van der Waals surface area contributed by atoms with Crippen LogP contribution >= 0.6 is 12.6 Å². The van der Waals surface area contributed by atoms with Gasteiger partial charge in [0.1, 0.15) is 5.75 Å². The number of benzene rings is 1. The lowest BCUT2D eigenvalue weighted by atomic mass is 10.3. The van der Waals surface area contributed by atoms with Gasteiger partial charge in [0.05, 0.1) is 19.1 Å². The molecule has 3 nitrogen and oxygen atoms in total.